The van der Waals surface area contributed by atoms with Crippen LogP contribution in [-0.4, -0.2) is 44.8 Å². The number of aromatic nitrogens is 3. The largest absolute Gasteiger partial charge is 0.297 e. The number of hydrogen-bond acceptors (Lipinski definition) is 5. The lowest BCUT2D eigenvalue weighted by molar-refractivity contribution is -0.136. The second kappa shape index (κ2) is 5.08. The van der Waals surface area contributed by atoms with E-state index in [1.807, 2.05) is 6.20 Å². The van der Waals surface area contributed by atoms with Crippen molar-refractivity contribution < 1.29 is 9.59 Å². The Bertz CT molecular complexity index is 492. The molecule has 0 aromatic carbocycles. The second-order valence-electron chi connectivity index (χ2n) is 5.14. The number of piperidine rings is 1. The van der Waals surface area contributed by atoms with Gasteiger partial charge < -0.3 is 0 Å². The fourth-order valence-electron chi connectivity index (χ4n) is 2.64. The van der Waals surface area contributed by atoms with Gasteiger partial charge in [0.05, 0.1) is 11.9 Å². The third-order valence-electron chi connectivity index (χ3n) is 3.67. The lowest BCUT2D eigenvalue weighted by Crippen LogP contribution is -2.41. The Labute approximate surface area is 110 Å². The molecule has 1 atom stereocenters. The third kappa shape index (κ3) is 2.65. The zero-order valence-electron chi connectivity index (χ0n) is 10.7. The highest BCUT2D eigenvalue weighted by Crippen LogP contribution is 2.18. The maximum Gasteiger partial charge on any atom is 0.251 e. The van der Waals surface area contributed by atoms with E-state index < -0.39 is 6.04 Å². The zero-order chi connectivity index (χ0) is 13.2. The molecule has 0 aliphatic carbocycles. The molecule has 1 aromatic rings. The van der Waals surface area contributed by atoms with Crippen LogP contribution in [0.25, 0.3) is 0 Å². The topological polar surface area (TPSA) is 80.1 Å². The van der Waals surface area contributed by atoms with Crippen LogP contribution < -0.4 is 5.32 Å². The average Bonchev–Trinajstić information content (AvgIpc) is 3.01. The number of amides is 2. The molecular weight excluding hydrogens is 246 g/mol. The summed E-state index contributed by atoms with van der Waals surface area (Å²) in [4.78, 5) is 25.2. The fourth-order valence-corrected chi connectivity index (χ4v) is 2.64. The molecule has 0 saturated carbocycles. The molecule has 2 saturated heterocycles. The Morgan fingerprint density at radius 3 is 2.84 bits per heavy atom. The number of hydrogen-bond donors (Lipinski definition) is 1. The molecule has 19 heavy (non-hydrogen) atoms. The third-order valence-corrected chi connectivity index (χ3v) is 3.67. The zero-order valence-corrected chi connectivity index (χ0v) is 10.7. The lowest BCUT2D eigenvalue weighted by atomic mass is 10.1. The molecule has 2 aliphatic heterocycles. The van der Waals surface area contributed by atoms with Crippen LogP contribution in [0.1, 0.15) is 37.4 Å². The Morgan fingerprint density at radius 1 is 1.32 bits per heavy atom. The van der Waals surface area contributed by atoms with Gasteiger partial charge in [-0.2, -0.15) is 0 Å². The molecule has 2 fully saturated rings. The van der Waals surface area contributed by atoms with Gasteiger partial charge in [0.25, 0.3) is 5.91 Å². The highest BCUT2D eigenvalue weighted by atomic mass is 16.2. The summed E-state index contributed by atoms with van der Waals surface area (Å²) in [5, 5.41) is 10.5. The summed E-state index contributed by atoms with van der Waals surface area (Å²) >= 11 is 0. The van der Waals surface area contributed by atoms with Crippen molar-refractivity contribution >= 4 is 11.8 Å². The van der Waals surface area contributed by atoms with Gasteiger partial charge in [-0.05, 0) is 32.4 Å². The Hall–Kier alpha value is -1.76. The highest BCUT2D eigenvalue weighted by molar-refractivity contribution is 5.99. The van der Waals surface area contributed by atoms with E-state index in [1.165, 1.54) is 12.8 Å². The van der Waals surface area contributed by atoms with Crippen LogP contribution in [0.5, 0.6) is 0 Å². The van der Waals surface area contributed by atoms with Gasteiger partial charge in [-0.1, -0.05) is 5.21 Å². The molecule has 1 unspecified atom stereocenters. The van der Waals surface area contributed by atoms with Crippen LogP contribution >= 0.6 is 0 Å². The average molecular weight is 263 g/mol. The van der Waals surface area contributed by atoms with Gasteiger partial charge in [0.2, 0.25) is 5.91 Å². The van der Waals surface area contributed by atoms with E-state index in [9.17, 15) is 9.59 Å². The summed E-state index contributed by atoms with van der Waals surface area (Å²) < 4.78 is 1.58. The first-order valence-corrected chi connectivity index (χ1v) is 6.69. The van der Waals surface area contributed by atoms with Gasteiger partial charge in [-0.3, -0.25) is 19.8 Å². The van der Waals surface area contributed by atoms with E-state index in [0.717, 1.165) is 25.3 Å². The molecule has 3 rings (SSSR count). The highest BCUT2D eigenvalue weighted by Gasteiger charge is 2.29. The van der Waals surface area contributed by atoms with Gasteiger partial charge in [-0.25, -0.2) is 4.68 Å². The molecule has 7 heteroatoms. The molecule has 1 aromatic heterocycles. The first-order chi connectivity index (χ1) is 9.22. The number of carbonyl (C=O) groups is 2. The molecule has 102 valence electrons. The maximum atomic E-state index is 11.7. The van der Waals surface area contributed by atoms with Crippen molar-refractivity contribution in [2.45, 2.75) is 38.3 Å². The molecule has 0 bridgehead atoms. The van der Waals surface area contributed by atoms with Crippen molar-refractivity contribution in [3.05, 3.63) is 11.9 Å². The van der Waals surface area contributed by atoms with Gasteiger partial charge in [0.15, 0.2) is 0 Å². The minimum absolute atomic E-state index is 0.210. The van der Waals surface area contributed by atoms with E-state index in [2.05, 4.69) is 20.5 Å². The van der Waals surface area contributed by atoms with E-state index >= 15 is 0 Å². The number of carbonyl (C=O) groups excluding carboxylic acids is 2. The summed E-state index contributed by atoms with van der Waals surface area (Å²) in [7, 11) is 0. The Morgan fingerprint density at radius 2 is 2.11 bits per heavy atom. The predicted octanol–water partition coefficient (Wildman–Crippen LogP) is -0.148. The smallest absolute Gasteiger partial charge is 0.251 e. The van der Waals surface area contributed by atoms with Crippen molar-refractivity contribution in [1.82, 2.24) is 25.2 Å². The van der Waals surface area contributed by atoms with Crippen molar-refractivity contribution in [3.8, 4) is 0 Å². The molecule has 0 radical (unpaired) electrons. The minimum Gasteiger partial charge on any atom is -0.297 e. The van der Waals surface area contributed by atoms with Gasteiger partial charge in [0, 0.05) is 13.0 Å². The lowest BCUT2D eigenvalue weighted by Gasteiger charge is -2.20. The summed E-state index contributed by atoms with van der Waals surface area (Å²) in [6.07, 6.45) is 5.15. The van der Waals surface area contributed by atoms with Crippen LogP contribution in [0.15, 0.2) is 6.20 Å². The van der Waals surface area contributed by atoms with E-state index in [0.29, 0.717) is 12.8 Å². The summed E-state index contributed by atoms with van der Waals surface area (Å²) in [5.74, 6) is -0.493. The van der Waals surface area contributed by atoms with Gasteiger partial charge in [-0.15, -0.1) is 5.10 Å². The standard InChI is InChI=1S/C12H17N5O2/c18-11-4-3-10(12(19)13-11)17-8-9(14-15-17)7-16-5-1-2-6-16/h8,10H,1-7H2,(H,13,18,19). The first-order valence-electron chi connectivity index (χ1n) is 6.69. The Balaban J connectivity index is 1.66. The SMILES string of the molecule is O=C1CCC(n2cc(CN3CCCC3)nn2)C(=O)N1. The van der Waals surface area contributed by atoms with E-state index in [4.69, 9.17) is 0 Å². The van der Waals surface area contributed by atoms with E-state index in [1.54, 1.807) is 4.68 Å². The van der Waals surface area contributed by atoms with Crippen LogP contribution in [0, 0.1) is 0 Å². The number of nitrogens with one attached hydrogen (secondary N) is 1. The molecular formula is C12H17N5O2. The fraction of sp³-hybridized carbons (Fsp3) is 0.667. The number of rotatable bonds is 3. The number of imide groups is 1. The van der Waals surface area contributed by atoms with Crippen LogP contribution in [0.4, 0.5) is 0 Å². The predicted molar refractivity (Wildman–Crippen MR) is 66.0 cm³/mol. The molecule has 0 spiro atoms. The van der Waals surface area contributed by atoms with Gasteiger partial charge >= 0.3 is 0 Å². The second-order valence-corrected chi connectivity index (χ2v) is 5.14. The van der Waals surface area contributed by atoms with Crippen molar-refractivity contribution in [2.24, 2.45) is 0 Å². The number of likely N-dealkylation sites (tertiary alicyclic amines) is 1. The normalized spacial score (nSPS) is 24.7. The molecule has 2 amide bonds. The summed E-state index contributed by atoms with van der Waals surface area (Å²) in [6, 6.07) is -0.405. The monoisotopic (exact) mass is 263 g/mol. The first kappa shape index (κ1) is 12.3. The van der Waals surface area contributed by atoms with Crippen molar-refractivity contribution in [2.75, 3.05) is 13.1 Å². The molecule has 2 aliphatic rings. The van der Waals surface area contributed by atoms with E-state index in [-0.39, 0.29) is 11.8 Å². The molecule has 3 heterocycles. The summed E-state index contributed by atoms with van der Waals surface area (Å²) in [6.45, 7) is 2.99. The quantitative estimate of drug-likeness (QED) is 0.767. The van der Waals surface area contributed by atoms with Gasteiger partial charge in [0.1, 0.15) is 6.04 Å². The molecule has 7 nitrogen and oxygen atoms in total. The minimum atomic E-state index is -0.405. The van der Waals surface area contributed by atoms with Crippen LogP contribution in [0.3, 0.4) is 0 Å². The molecule has 1 N–H and O–H groups in total. The van der Waals surface area contributed by atoms with Crippen molar-refractivity contribution in [1.29, 1.82) is 0 Å². The maximum absolute atomic E-state index is 11.7. The van der Waals surface area contributed by atoms with Crippen LogP contribution in [0.2, 0.25) is 0 Å². The number of nitrogens with zero attached hydrogens (tertiary/aromatic N) is 4. The van der Waals surface area contributed by atoms with Crippen LogP contribution in [-0.2, 0) is 16.1 Å². The summed E-state index contributed by atoms with van der Waals surface area (Å²) in [5.41, 5.74) is 0.881. The Kier molecular flexibility index (Phi) is 3.29. The van der Waals surface area contributed by atoms with Crippen molar-refractivity contribution in [3.63, 3.8) is 0 Å².